The summed E-state index contributed by atoms with van der Waals surface area (Å²) in [5, 5.41) is 2.64. The first kappa shape index (κ1) is 14.7. The standard InChI is InChI=1S/C11H18F5N/c1-2-6-17-10(9(12)13)5-3-4-8(7-10)11(14,15)16/h8-9,17H,2-7H2,1H3. The number of halogens is 5. The fourth-order valence-corrected chi connectivity index (χ4v) is 2.40. The zero-order valence-corrected chi connectivity index (χ0v) is 9.79. The summed E-state index contributed by atoms with van der Waals surface area (Å²) >= 11 is 0. The zero-order valence-electron chi connectivity index (χ0n) is 9.79. The first-order chi connectivity index (χ1) is 7.82. The molecule has 1 aliphatic carbocycles. The topological polar surface area (TPSA) is 12.0 Å². The highest BCUT2D eigenvalue weighted by Crippen LogP contribution is 2.43. The SMILES string of the molecule is CCCNC1(C(F)F)CCCC(C(F)(F)F)C1. The molecule has 1 rings (SSSR count). The normalized spacial score (nSPS) is 30.9. The Hall–Kier alpha value is -0.390. The highest BCUT2D eigenvalue weighted by molar-refractivity contribution is 4.97. The number of alkyl halides is 5. The van der Waals surface area contributed by atoms with Gasteiger partial charge in [0.25, 0.3) is 6.43 Å². The van der Waals surface area contributed by atoms with Crippen LogP contribution >= 0.6 is 0 Å². The first-order valence-electron chi connectivity index (χ1n) is 5.91. The van der Waals surface area contributed by atoms with Gasteiger partial charge in [-0.15, -0.1) is 0 Å². The van der Waals surface area contributed by atoms with E-state index in [1.54, 1.807) is 6.92 Å². The van der Waals surface area contributed by atoms with Crippen LogP contribution in [0.15, 0.2) is 0 Å². The van der Waals surface area contributed by atoms with E-state index in [1.165, 1.54) is 0 Å². The first-order valence-corrected chi connectivity index (χ1v) is 5.91. The summed E-state index contributed by atoms with van der Waals surface area (Å²) in [5.41, 5.74) is -1.64. The van der Waals surface area contributed by atoms with Crippen LogP contribution in [0.4, 0.5) is 22.0 Å². The Morgan fingerprint density at radius 3 is 2.47 bits per heavy atom. The van der Waals surface area contributed by atoms with Crippen molar-refractivity contribution in [3.63, 3.8) is 0 Å². The molecule has 1 aliphatic rings. The Morgan fingerprint density at radius 2 is 2.00 bits per heavy atom. The van der Waals surface area contributed by atoms with Crippen molar-refractivity contribution in [3.05, 3.63) is 0 Å². The minimum Gasteiger partial charge on any atom is -0.306 e. The van der Waals surface area contributed by atoms with E-state index in [1.807, 2.05) is 0 Å². The second kappa shape index (κ2) is 5.50. The maximum absolute atomic E-state index is 13.0. The molecule has 0 amide bonds. The average Bonchev–Trinajstić information content (AvgIpc) is 2.25. The summed E-state index contributed by atoms with van der Waals surface area (Å²) in [4.78, 5) is 0. The van der Waals surface area contributed by atoms with Gasteiger partial charge in [0.1, 0.15) is 0 Å². The largest absolute Gasteiger partial charge is 0.391 e. The molecular weight excluding hydrogens is 241 g/mol. The molecule has 0 heterocycles. The maximum Gasteiger partial charge on any atom is 0.391 e. The number of nitrogens with one attached hydrogen (secondary N) is 1. The summed E-state index contributed by atoms with van der Waals surface area (Å²) in [6.07, 6.45) is -6.71. The Bertz CT molecular complexity index is 241. The molecule has 2 unspecified atom stereocenters. The predicted molar refractivity (Wildman–Crippen MR) is 55.0 cm³/mol. The van der Waals surface area contributed by atoms with Crippen molar-refractivity contribution >= 4 is 0 Å². The van der Waals surface area contributed by atoms with E-state index in [0.717, 1.165) is 0 Å². The highest BCUT2D eigenvalue weighted by Gasteiger charge is 2.51. The van der Waals surface area contributed by atoms with Crippen molar-refractivity contribution in [3.8, 4) is 0 Å². The van der Waals surface area contributed by atoms with E-state index in [0.29, 0.717) is 13.0 Å². The molecule has 6 heteroatoms. The quantitative estimate of drug-likeness (QED) is 0.758. The Morgan fingerprint density at radius 1 is 1.35 bits per heavy atom. The van der Waals surface area contributed by atoms with Gasteiger partial charge in [-0.25, -0.2) is 8.78 Å². The number of hydrogen-bond donors (Lipinski definition) is 1. The molecule has 2 atom stereocenters. The number of rotatable bonds is 4. The summed E-state index contributed by atoms with van der Waals surface area (Å²) in [5.74, 6) is -1.60. The third kappa shape index (κ3) is 3.53. The van der Waals surface area contributed by atoms with Crippen LogP contribution < -0.4 is 5.32 Å². The molecule has 0 aromatic heterocycles. The molecule has 0 saturated heterocycles. The minimum atomic E-state index is -4.37. The van der Waals surface area contributed by atoms with E-state index in [-0.39, 0.29) is 19.3 Å². The fourth-order valence-electron chi connectivity index (χ4n) is 2.40. The molecule has 0 aromatic rings. The Balaban J connectivity index is 2.76. The highest BCUT2D eigenvalue weighted by atomic mass is 19.4. The van der Waals surface area contributed by atoms with Gasteiger partial charge >= 0.3 is 6.18 Å². The van der Waals surface area contributed by atoms with E-state index < -0.39 is 30.5 Å². The molecule has 0 spiro atoms. The summed E-state index contributed by atoms with van der Waals surface area (Å²) in [6, 6.07) is 0. The Labute approximate surface area is 97.8 Å². The predicted octanol–water partition coefficient (Wildman–Crippen LogP) is 3.74. The van der Waals surface area contributed by atoms with Gasteiger partial charge in [0.15, 0.2) is 0 Å². The van der Waals surface area contributed by atoms with Crippen LogP contribution in [0.3, 0.4) is 0 Å². The molecule has 102 valence electrons. The molecule has 0 radical (unpaired) electrons. The van der Waals surface area contributed by atoms with Crippen LogP contribution in [0.2, 0.25) is 0 Å². The third-order valence-corrected chi connectivity index (χ3v) is 3.39. The van der Waals surface area contributed by atoms with Crippen LogP contribution in [-0.4, -0.2) is 24.7 Å². The van der Waals surface area contributed by atoms with Gasteiger partial charge in [0, 0.05) is 0 Å². The van der Waals surface area contributed by atoms with Crippen LogP contribution in [0.1, 0.15) is 39.0 Å². The average molecular weight is 259 g/mol. The van der Waals surface area contributed by atoms with Crippen LogP contribution in [0.25, 0.3) is 0 Å². The number of hydrogen-bond acceptors (Lipinski definition) is 1. The monoisotopic (exact) mass is 259 g/mol. The van der Waals surface area contributed by atoms with Crippen molar-refractivity contribution in [1.29, 1.82) is 0 Å². The van der Waals surface area contributed by atoms with E-state index >= 15 is 0 Å². The van der Waals surface area contributed by atoms with Crippen molar-refractivity contribution in [2.45, 2.75) is 57.2 Å². The summed E-state index contributed by atoms with van der Waals surface area (Å²) in [6.45, 7) is 2.13. The lowest BCUT2D eigenvalue weighted by molar-refractivity contribution is -0.194. The van der Waals surface area contributed by atoms with E-state index in [9.17, 15) is 22.0 Å². The zero-order chi connectivity index (χ0) is 13.1. The van der Waals surface area contributed by atoms with Crippen LogP contribution in [-0.2, 0) is 0 Å². The second-order valence-electron chi connectivity index (χ2n) is 4.72. The van der Waals surface area contributed by atoms with Crippen molar-refractivity contribution in [1.82, 2.24) is 5.32 Å². The van der Waals surface area contributed by atoms with Crippen molar-refractivity contribution in [2.75, 3.05) is 6.54 Å². The summed E-state index contributed by atoms with van der Waals surface area (Å²) < 4.78 is 63.9. The van der Waals surface area contributed by atoms with E-state index in [4.69, 9.17) is 0 Å². The lowest BCUT2D eigenvalue weighted by atomic mass is 9.75. The van der Waals surface area contributed by atoms with Gasteiger partial charge in [-0.3, -0.25) is 0 Å². The van der Waals surface area contributed by atoms with Gasteiger partial charge in [-0.2, -0.15) is 13.2 Å². The van der Waals surface area contributed by atoms with Gasteiger partial charge in [0.2, 0.25) is 0 Å². The molecule has 17 heavy (non-hydrogen) atoms. The fraction of sp³-hybridized carbons (Fsp3) is 1.00. The van der Waals surface area contributed by atoms with Crippen molar-refractivity contribution in [2.24, 2.45) is 5.92 Å². The van der Waals surface area contributed by atoms with Crippen LogP contribution in [0.5, 0.6) is 0 Å². The smallest absolute Gasteiger partial charge is 0.306 e. The van der Waals surface area contributed by atoms with Gasteiger partial charge in [-0.1, -0.05) is 13.3 Å². The minimum absolute atomic E-state index is 0.0359. The molecule has 1 fully saturated rings. The lowest BCUT2D eigenvalue weighted by Crippen LogP contribution is -2.56. The van der Waals surface area contributed by atoms with Crippen LogP contribution in [0, 0.1) is 5.92 Å². The van der Waals surface area contributed by atoms with Gasteiger partial charge in [-0.05, 0) is 32.2 Å². The van der Waals surface area contributed by atoms with E-state index in [2.05, 4.69) is 5.32 Å². The van der Waals surface area contributed by atoms with Crippen molar-refractivity contribution < 1.29 is 22.0 Å². The molecular formula is C11H18F5N. The second-order valence-corrected chi connectivity index (χ2v) is 4.72. The summed E-state index contributed by atoms with van der Waals surface area (Å²) in [7, 11) is 0. The lowest BCUT2D eigenvalue weighted by Gasteiger charge is -2.41. The molecule has 1 nitrogen and oxygen atoms in total. The maximum atomic E-state index is 13.0. The molecule has 0 aliphatic heterocycles. The van der Waals surface area contributed by atoms with Gasteiger partial charge < -0.3 is 5.32 Å². The van der Waals surface area contributed by atoms with Gasteiger partial charge in [0.05, 0.1) is 11.5 Å². The third-order valence-electron chi connectivity index (χ3n) is 3.39. The molecule has 0 aromatic carbocycles. The molecule has 1 N–H and O–H groups in total. The molecule has 0 bridgehead atoms. The molecule has 1 saturated carbocycles. The Kier molecular flexibility index (Phi) is 4.75.